The van der Waals surface area contributed by atoms with Gasteiger partial charge in [-0.3, -0.25) is 9.48 Å². The van der Waals surface area contributed by atoms with Crippen LogP contribution in [0.15, 0.2) is 53.4 Å². The van der Waals surface area contributed by atoms with Gasteiger partial charge in [-0.25, -0.2) is 0 Å². The molecule has 4 aromatic rings. The molecule has 1 fully saturated rings. The van der Waals surface area contributed by atoms with E-state index in [0.717, 1.165) is 17.5 Å². The molecule has 2 aliphatic heterocycles. The van der Waals surface area contributed by atoms with Crippen LogP contribution in [-0.2, 0) is 11.2 Å². The average Bonchev–Trinajstić information content (AvgIpc) is 3.64. The zero-order valence-electron chi connectivity index (χ0n) is 20.4. The standard InChI is InChI=1S/C27H22F5N3O4/c28-26(29)39-23-9-17(7-16-3-5-34(14-27(30,31)32)25(36)24(16)23)21-13-38-22-8-15(1-2-20(21)22)18-10-33-35(11-18)19-4-6-37-12-19/h1-2,7-11,13,19,26H,3-6,12,14H2. The van der Waals surface area contributed by atoms with Gasteiger partial charge in [0.25, 0.3) is 5.91 Å². The van der Waals surface area contributed by atoms with Crippen molar-refractivity contribution in [2.75, 3.05) is 26.3 Å². The van der Waals surface area contributed by atoms with Gasteiger partial charge in [-0.2, -0.15) is 27.1 Å². The molecule has 0 spiro atoms. The molecule has 6 rings (SSSR count). The number of furan rings is 1. The van der Waals surface area contributed by atoms with Crippen molar-refractivity contribution in [3.8, 4) is 28.0 Å². The van der Waals surface area contributed by atoms with Gasteiger partial charge in [0, 0.05) is 35.9 Å². The van der Waals surface area contributed by atoms with E-state index in [-0.39, 0.29) is 24.6 Å². The van der Waals surface area contributed by atoms with Crippen molar-refractivity contribution >= 4 is 16.9 Å². The third-order valence-electron chi connectivity index (χ3n) is 7.02. The minimum absolute atomic E-state index is 0.0561. The molecule has 4 heterocycles. The molecule has 2 aliphatic rings. The molecule has 1 amide bonds. The third kappa shape index (κ3) is 4.96. The number of fused-ring (bicyclic) bond motifs is 2. The fourth-order valence-corrected chi connectivity index (χ4v) is 5.19. The Morgan fingerprint density at radius 1 is 1.13 bits per heavy atom. The van der Waals surface area contributed by atoms with E-state index < -0.39 is 31.0 Å². The van der Waals surface area contributed by atoms with Gasteiger partial charge in [-0.15, -0.1) is 0 Å². The number of halogens is 5. The maximum absolute atomic E-state index is 13.3. The summed E-state index contributed by atoms with van der Waals surface area (Å²) in [6.45, 7) is -3.61. The number of rotatable bonds is 6. The lowest BCUT2D eigenvalue weighted by molar-refractivity contribution is -0.141. The lowest BCUT2D eigenvalue weighted by atomic mass is 9.92. The Balaban J connectivity index is 1.35. The molecule has 12 heteroatoms. The fraction of sp³-hybridized carbons (Fsp3) is 0.333. The van der Waals surface area contributed by atoms with Gasteiger partial charge < -0.3 is 18.8 Å². The van der Waals surface area contributed by atoms with Gasteiger partial charge in [-0.05, 0) is 53.8 Å². The Bertz CT molecular complexity index is 1540. The molecule has 1 saturated heterocycles. The van der Waals surface area contributed by atoms with E-state index in [1.165, 1.54) is 12.3 Å². The molecule has 0 aliphatic carbocycles. The first kappa shape index (κ1) is 25.4. The van der Waals surface area contributed by atoms with E-state index in [4.69, 9.17) is 9.15 Å². The van der Waals surface area contributed by atoms with Crippen LogP contribution in [0.4, 0.5) is 22.0 Å². The number of alkyl halides is 5. The van der Waals surface area contributed by atoms with Crippen molar-refractivity contribution in [3.63, 3.8) is 0 Å². The molecular formula is C27H22F5N3O4. The first-order valence-electron chi connectivity index (χ1n) is 12.3. The van der Waals surface area contributed by atoms with Crippen LogP contribution in [0.3, 0.4) is 0 Å². The van der Waals surface area contributed by atoms with Crippen LogP contribution in [0.1, 0.15) is 28.4 Å². The smallest absolute Gasteiger partial charge is 0.406 e. The van der Waals surface area contributed by atoms with E-state index in [1.54, 1.807) is 12.3 Å². The van der Waals surface area contributed by atoms with Gasteiger partial charge >= 0.3 is 12.8 Å². The van der Waals surface area contributed by atoms with Gasteiger partial charge in [0.2, 0.25) is 0 Å². The SMILES string of the molecule is O=C1c2c(cc(-c3coc4cc(-c5cnn(C6CCOC6)c5)ccc34)cc2OC(F)F)CCN1CC(F)(F)F. The quantitative estimate of drug-likeness (QED) is 0.274. The summed E-state index contributed by atoms with van der Waals surface area (Å²) in [6.07, 6.45) is 1.52. The second-order valence-electron chi connectivity index (χ2n) is 9.57. The van der Waals surface area contributed by atoms with Crippen molar-refractivity contribution in [1.29, 1.82) is 0 Å². The van der Waals surface area contributed by atoms with Crippen LogP contribution < -0.4 is 4.74 Å². The predicted octanol–water partition coefficient (Wildman–Crippen LogP) is 6.09. The number of hydrogen-bond acceptors (Lipinski definition) is 5. The summed E-state index contributed by atoms with van der Waals surface area (Å²) in [7, 11) is 0. The lowest BCUT2D eigenvalue weighted by Gasteiger charge is -2.30. The summed E-state index contributed by atoms with van der Waals surface area (Å²) in [4.78, 5) is 13.4. The summed E-state index contributed by atoms with van der Waals surface area (Å²) in [5.41, 5.74) is 3.38. The minimum atomic E-state index is -4.62. The molecule has 0 bridgehead atoms. The number of ether oxygens (including phenoxy) is 2. The van der Waals surface area contributed by atoms with Crippen molar-refractivity contribution < 1.29 is 40.6 Å². The van der Waals surface area contributed by atoms with Crippen LogP contribution in [0.5, 0.6) is 5.75 Å². The molecule has 7 nitrogen and oxygen atoms in total. The summed E-state index contributed by atoms with van der Waals surface area (Å²) >= 11 is 0. The maximum atomic E-state index is 13.3. The average molecular weight is 547 g/mol. The molecular weight excluding hydrogens is 525 g/mol. The monoisotopic (exact) mass is 547 g/mol. The maximum Gasteiger partial charge on any atom is 0.406 e. The first-order valence-corrected chi connectivity index (χ1v) is 12.3. The highest BCUT2D eigenvalue weighted by atomic mass is 19.4. The van der Waals surface area contributed by atoms with E-state index >= 15 is 0 Å². The number of carbonyl (C=O) groups is 1. The molecule has 204 valence electrons. The van der Waals surface area contributed by atoms with Gasteiger partial charge in [0.05, 0.1) is 30.7 Å². The number of amides is 1. The highest BCUT2D eigenvalue weighted by Crippen LogP contribution is 2.39. The summed E-state index contributed by atoms with van der Waals surface area (Å²) < 4.78 is 83.1. The van der Waals surface area contributed by atoms with Crippen molar-refractivity contribution in [2.24, 2.45) is 0 Å². The molecule has 1 unspecified atom stereocenters. The van der Waals surface area contributed by atoms with E-state index in [2.05, 4.69) is 9.84 Å². The fourth-order valence-electron chi connectivity index (χ4n) is 5.19. The first-order chi connectivity index (χ1) is 18.7. The van der Waals surface area contributed by atoms with Crippen molar-refractivity contribution in [1.82, 2.24) is 14.7 Å². The van der Waals surface area contributed by atoms with Crippen molar-refractivity contribution in [3.05, 3.63) is 60.1 Å². The zero-order valence-corrected chi connectivity index (χ0v) is 20.4. The molecule has 39 heavy (non-hydrogen) atoms. The second-order valence-corrected chi connectivity index (χ2v) is 9.57. The highest BCUT2D eigenvalue weighted by Gasteiger charge is 2.37. The largest absolute Gasteiger partial charge is 0.464 e. The van der Waals surface area contributed by atoms with Crippen LogP contribution in [0, 0.1) is 0 Å². The molecule has 0 saturated carbocycles. The Morgan fingerprint density at radius 3 is 2.72 bits per heavy atom. The Morgan fingerprint density at radius 2 is 1.97 bits per heavy atom. The number of benzene rings is 2. The minimum Gasteiger partial charge on any atom is -0.464 e. The van der Waals surface area contributed by atoms with Crippen LogP contribution in [0.2, 0.25) is 0 Å². The van der Waals surface area contributed by atoms with Gasteiger partial charge in [-0.1, -0.05) is 6.07 Å². The van der Waals surface area contributed by atoms with Crippen LogP contribution >= 0.6 is 0 Å². The Labute approximate surface area is 218 Å². The van der Waals surface area contributed by atoms with Crippen LogP contribution in [-0.4, -0.2) is 59.7 Å². The Kier molecular flexibility index (Phi) is 6.29. The highest BCUT2D eigenvalue weighted by molar-refractivity contribution is 6.02. The van der Waals surface area contributed by atoms with Gasteiger partial charge in [0.1, 0.15) is 17.9 Å². The molecule has 2 aromatic carbocycles. The molecule has 2 aromatic heterocycles. The predicted molar refractivity (Wildman–Crippen MR) is 130 cm³/mol. The summed E-state index contributed by atoms with van der Waals surface area (Å²) in [5, 5.41) is 5.14. The number of aromatic nitrogens is 2. The van der Waals surface area contributed by atoms with E-state index in [0.29, 0.717) is 45.8 Å². The van der Waals surface area contributed by atoms with E-state index in [9.17, 15) is 26.7 Å². The number of carbonyl (C=O) groups excluding carboxylic acids is 1. The lowest BCUT2D eigenvalue weighted by Crippen LogP contribution is -2.43. The summed E-state index contributed by atoms with van der Waals surface area (Å²) in [6, 6.07) is 8.62. The van der Waals surface area contributed by atoms with E-state index in [1.807, 2.05) is 29.1 Å². The summed E-state index contributed by atoms with van der Waals surface area (Å²) in [5.74, 6) is -1.47. The number of nitrogens with zero attached hydrogens (tertiary/aromatic N) is 3. The topological polar surface area (TPSA) is 69.7 Å². The van der Waals surface area contributed by atoms with Crippen molar-refractivity contribution in [2.45, 2.75) is 31.7 Å². The van der Waals surface area contributed by atoms with Crippen LogP contribution in [0.25, 0.3) is 33.2 Å². The second kappa shape index (κ2) is 9.67. The normalized spacial score (nSPS) is 17.8. The molecule has 0 N–H and O–H groups in total. The molecule has 0 radical (unpaired) electrons. The molecule has 1 atom stereocenters. The van der Waals surface area contributed by atoms with Gasteiger partial charge in [0.15, 0.2) is 0 Å². The number of hydrogen-bond donors (Lipinski definition) is 0. The Hall–Kier alpha value is -3.93. The third-order valence-corrected chi connectivity index (χ3v) is 7.02. The zero-order chi connectivity index (χ0) is 27.3.